The number of halogens is 1. The average molecular weight is 198 g/mol. The Bertz CT molecular complexity index is 269. The van der Waals surface area contributed by atoms with E-state index in [2.05, 4.69) is 0 Å². The average Bonchev–Trinajstić information content (AvgIpc) is 2.13. The minimum atomic E-state index is -0.288. The van der Waals surface area contributed by atoms with Gasteiger partial charge in [-0.1, -0.05) is 19.9 Å². The van der Waals surface area contributed by atoms with E-state index >= 15 is 0 Å². The maximum atomic E-state index is 13.1. The molecule has 1 aromatic carbocycles. The van der Waals surface area contributed by atoms with Crippen molar-refractivity contribution < 1.29 is 9.13 Å². The van der Waals surface area contributed by atoms with Crippen molar-refractivity contribution in [1.29, 1.82) is 0 Å². The van der Waals surface area contributed by atoms with Gasteiger partial charge in [-0.2, -0.15) is 0 Å². The Morgan fingerprint density at radius 3 is 2.21 bits per heavy atom. The van der Waals surface area contributed by atoms with Crippen LogP contribution in [0.15, 0.2) is 18.2 Å². The fraction of sp³-hybridized carbons (Fsp3) is 0.500. The van der Waals surface area contributed by atoms with Gasteiger partial charge in [0.05, 0.1) is 6.10 Å². The largest absolute Gasteiger partial charge is 0.488 e. The molecule has 0 spiro atoms. The lowest BCUT2D eigenvalue weighted by Crippen LogP contribution is -2.06. The first-order valence-corrected chi connectivity index (χ1v) is 5.02. The molecule has 80 valence electrons. The number of ether oxygens (including phenoxy) is 1. The van der Waals surface area contributed by atoms with E-state index in [1.807, 2.05) is 40.7 Å². The number of hydrogen-bond acceptors (Lipinski definition) is 1. The third-order valence-electron chi connectivity index (χ3n) is 1.45. The van der Waals surface area contributed by atoms with E-state index in [4.69, 9.17) is 4.74 Å². The van der Waals surface area contributed by atoms with E-state index in [0.717, 1.165) is 5.56 Å². The second-order valence-electron chi connectivity index (χ2n) is 3.10. The highest BCUT2D eigenvalue weighted by molar-refractivity contribution is 5.28. The molecule has 0 atom stereocenters. The number of aryl methyl sites for hydroxylation is 1. The monoisotopic (exact) mass is 198 g/mol. The van der Waals surface area contributed by atoms with Gasteiger partial charge in [0.15, 0.2) is 11.6 Å². The molecule has 1 aromatic rings. The summed E-state index contributed by atoms with van der Waals surface area (Å²) in [5.74, 6) is 0.0410. The first kappa shape index (κ1) is 12.9. The molecular weight excluding hydrogens is 179 g/mol. The van der Waals surface area contributed by atoms with Crippen molar-refractivity contribution in [3.63, 3.8) is 0 Å². The summed E-state index contributed by atoms with van der Waals surface area (Å²) in [4.78, 5) is 0. The third kappa shape index (κ3) is 4.26. The topological polar surface area (TPSA) is 9.23 Å². The minimum absolute atomic E-state index is 0.0159. The maximum absolute atomic E-state index is 13.1. The van der Waals surface area contributed by atoms with Gasteiger partial charge in [0, 0.05) is 0 Å². The van der Waals surface area contributed by atoms with E-state index in [1.54, 1.807) is 6.07 Å². The Morgan fingerprint density at radius 1 is 1.21 bits per heavy atom. The summed E-state index contributed by atoms with van der Waals surface area (Å²) in [5.41, 5.74) is 0.906. The molecule has 0 saturated heterocycles. The highest BCUT2D eigenvalue weighted by Crippen LogP contribution is 2.18. The summed E-state index contributed by atoms with van der Waals surface area (Å²) in [6, 6.07) is 4.96. The van der Waals surface area contributed by atoms with Crippen LogP contribution in [0.5, 0.6) is 5.75 Å². The van der Waals surface area contributed by atoms with Crippen LogP contribution in [-0.4, -0.2) is 6.10 Å². The molecule has 1 rings (SSSR count). The predicted molar refractivity (Wildman–Crippen MR) is 58.2 cm³/mol. The molecule has 0 saturated carbocycles. The summed E-state index contributed by atoms with van der Waals surface area (Å²) in [5, 5.41) is 0. The van der Waals surface area contributed by atoms with E-state index in [1.165, 1.54) is 6.07 Å². The molecule has 0 unspecified atom stereocenters. The van der Waals surface area contributed by atoms with Crippen molar-refractivity contribution >= 4 is 0 Å². The van der Waals surface area contributed by atoms with Gasteiger partial charge >= 0.3 is 0 Å². The molecule has 0 aliphatic rings. The zero-order chi connectivity index (χ0) is 11.1. The molecule has 14 heavy (non-hydrogen) atoms. The Morgan fingerprint density at radius 2 is 1.79 bits per heavy atom. The van der Waals surface area contributed by atoms with E-state index in [9.17, 15) is 4.39 Å². The lowest BCUT2D eigenvalue weighted by atomic mass is 10.2. The lowest BCUT2D eigenvalue weighted by Gasteiger charge is -2.10. The van der Waals surface area contributed by atoms with E-state index in [0.29, 0.717) is 5.75 Å². The molecule has 0 aliphatic carbocycles. The van der Waals surface area contributed by atoms with Gasteiger partial charge in [0.2, 0.25) is 0 Å². The standard InChI is InChI=1S/C10H13FO.C2H6/c1-7(2)12-10-5-4-8(3)6-9(10)11;1-2/h4-7H,1-3H3;1-2H3. The molecule has 0 aliphatic heterocycles. The lowest BCUT2D eigenvalue weighted by molar-refractivity contribution is 0.231. The molecule has 0 bridgehead atoms. The van der Waals surface area contributed by atoms with Crippen molar-refractivity contribution in [3.05, 3.63) is 29.6 Å². The molecule has 0 amide bonds. The van der Waals surface area contributed by atoms with Crippen LogP contribution < -0.4 is 4.74 Å². The van der Waals surface area contributed by atoms with Crippen LogP contribution in [0, 0.1) is 12.7 Å². The summed E-state index contributed by atoms with van der Waals surface area (Å²) < 4.78 is 18.3. The molecule has 0 N–H and O–H groups in total. The number of hydrogen-bond donors (Lipinski definition) is 0. The summed E-state index contributed by atoms with van der Waals surface area (Å²) in [7, 11) is 0. The fourth-order valence-electron chi connectivity index (χ4n) is 0.955. The van der Waals surface area contributed by atoms with E-state index < -0.39 is 0 Å². The summed E-state index contributed by atoms with van der Waals surface area (Å²) in [6.45, 7) is 9.60. The third-order valence-corrected chi connectivity index (χ3v) is 1.45. The Hall–Kier alpha value is -1.05. The second kappa shape index (κ2) is 6.41. The van der Waals surface area contributed by atoms with Crippen molar-refractivity contribution in [2.75, 3.05) is 0 Å². The highest BCUT2D eigenvalue weighted by atomic mass is 19.1. The molecular formula is C12H19FO. The van der Waals surface area contributed by atoms with Crippen LogP contribution >= 0.6 is 0 Å². The van der Waals surface area contributed by atoms with E-state index in [-0.39, 0.29) is 11.9 Å². The molecule has 0 heterocycles. The molecule has 0 radical (unpaired) electrons. The van der Waals surface area contributed by atoms with Gasteiger partial charge in [0.25, 0.3) is 0 Å². The number of rotatable bonds is 2. The molecule has 0 fully saturated rings. The van der Waals surface area contributed by atoms with Gasteiger partial charge in [-0.25, -0.2) is 4.39 Å². The minimum Gasteiger partial charge on any atom is -0.488 e. The van der Waals surface area contributed by atoms with Gasteiger partial charge in [0.1, 0.15) is 0 Å². The number of benzene rings is 1. The Kier molecular flexibility index (Phi) is 5.93. The van der Waals surface area contributed by atoms with Crippen LogP contribution in [0.2, 0.25) is 0 Å². The van der Waals surface area contributed by atoms with Crippen LogP contribution in [0.4, 0.5) is 4.39 Å². The van der Waals surface area contributed by atoms with Crippen molar-refractivity contribution in [3.8, 4) is 5.75 Å². The summed E-state index contributed by atoms with van der Waals surface area (Å²) in [6.07, 6.45) is 0.0159. The molecule has 0 aromatic heterocycles. The van der Waals surface area contributed by atoms with Crippen molar-refractivity contribution in [2.45, 2.75) is 40.7 Å². The van der Waals surface area contributed by atoms with Gasteiger partial charge in [-0.3, -0.25) is 0 Å². The van der Waals surface area contributed by atoms with Crippen LogP contribution in [0.3, 0.4) is 0 Å². The second-order valence-corrected chi connectivity index (χ2v) is 3.10. The fourth-order valence-corrected chi connectivity index (χ4v) is 0.955. The maximum Gasteiger partial charge on any atom is 0.165 e. The van der Waals surface area contributed by atoms with Crippen molar-refractivity contribution in [1.82, 2.24) is 0 Å². The zero-order valence-electron chi connectivity index (χ0n) is 9.60. The zero-order valence-corrected chi connectivity index (χ0v) is 9.60. The van der Waals surface area contributed by atoms with Gasteiger partial charge in [-0.05, 0) is 38.5 Å². The predicted octanol–water partition coefficient (Wildman–Crippen LogP) is 3.95. The molecule has 2 heteroatoms. The van der Waals surface area contributed by atoms with Gasteiger partial charge < -0.3 is 4.74 Å². The first-order chi connectivity index (χ1) is 6.59. The Labute approximate surface area is 85.9 Å². The van der Waals surface area contributed by atoms with Crippen molar-refractivity contribution in [2.24, 2.45) is 0 Å². The quantitative estimate of drug-likeness (QED) is 0.699. The van der Waals surface area contributed by atoms with Gasteiger partial charge in [-0.15, -0.1) is 0 Å². The molecule has 1 nitrogen and oxygen atoms in total. The highest BCUT2D eigenvalue weighted by Gasteiger charge is 2.04. The normalized spacial score (nSPS) is 9.36. The first-order valence-electron chi connectivity index (χ1n) is 5.02. The smallest absolute Gasteiger partial charge is 0.165 e. The van der Waals surface area contributed by atoms with Crippen LogP contribution in [-0.2, 0) is 0 Å². The van der Waals surface area contributed by atoms with Crippen LogP contribution in [0.25, 0.3) is 0 Å². The SMILES string of the molecule is CC.Cc1ccc(OC(C)C)c(F)c1. The van der Waals surface area contributed by atoms with Crippen LogP contribution in [0.1, 0.15) is 33.3 Å². The summed E-state index contributed by atoms with van der Waals surface area (Å²) >= 11 is 0. The Balaban J connectivity index is 0.000000791.